The van der Waals surface area contributed by atoms with E-state index in [2.05, 4.69) is 48.1 Å². The third kappa shape index (κ3) is 7.55. The topological polar surface area (TPSA) is 105 Å². The molecule has 0 saturated heterocycles. The van der Waals surface area contributed by atoms with Crippen LogP contribution in [0.4, 0.5) is 0 Å². The van der Waals surface area contributed by atoms with Gasteiger partial charge in [0.25, 0.3) is 0 Å². The summed E-state index contributed by atoms with van der Waals surface area (Å²) in [6, 6.07) is 0. The lowest BCUT2D eigenvalue weighted by atomic mass is 9.32. The van der Waals surface area contributed by atoms with Gasteiger partial charge in [-0.2, -0.15) is 0 Å². The van der Waals surface area contributed by atoms with Gasteiger partial charge in [-0.1, -0.05) is 74.5 Å². The number of hydrogen-bond donors (Lipinski definition) is 0. The van der Waals surface area contributed by atoms with Gasteiger partial charge in [-0.25, -0.2) is 0 Å². The van der Waals surface area contributed by atoms with E-state index in [1.807, 2.05) is 27.7 Å². The number of carbonyl (C=O) groups excluding carboxylic acids is 4. The minimum Gasteiger partial charge on any atom is -0.469 e. The highest BCUT2D eigenvalue weighted by molar-refractivity contribution is 5.74. The molecule has 0 heterocycles. The number of ether oxygens (including phenoxy) is 4. The van der Waals surface area contributed by atoms with Crippen LogP contribution < -0.4 is 0 Å². The van der Waals surface area contributed by atoms with E-state index < -0.39 is 10.8 Å². The number of methoxy groups -OCH3 is 2. The van der Waals surface area contributed by atoms with Gasteiger partial charge in [0.15, 0.2) is 0 Å². The average Bonchev–Trinajstić information content (AvgIpc) is 3.44. The molecule has 0 N–H and O–H groups in total. The van der Waals surface area contributed by atoms with Crippen LogP contribution in [0.5, 0.6) is 0 Å². The van der Waals surface area contributed by atoms with Crippen molar-refractivity contribution < 1.29 is 38.1 Å². The second kappa shape index (κ2) is 14.8. The van der Waals surface area contributed by atoms with E-state index in [4.69, 9.17) is 18.9 Å². The number of rotatable bonds is 12. The lowest BCUT2D eigenvalue weighted by molar-refractivity contribution is -0.252. The smallest absolute Gasteiger partial charge is 0.306 e. The molecule has 5 fully saturated rings. The fraction of sp³-hybridized carbons (Fsp3) is 0.870. The van der Waals surface area contributed by atoms with Gasteiger partial charge in [-0.3, -0.25) is 19.2 Å². The van der Waals surface area contributed by atoms with Gasteiger partial charge in [0.2, 0.25) is 0 Å². The molecule has 5 aliphatic carbocycles. The number of carbonyl (C=O) groups is 4. The van der Waals surface area contributed by atoms with Crippen LogP contribution in [0.25, 0.3) is 0 Å². The summed E-state index contributed by atoms with van der Waals surface area (Å²) in [5, 5.41) is 0. The summed E-state index contributed by atoms with van der Waals surface area (Å²) in [7, 11) is 2.77. The average molecular weight is 755 g/mol. The van der Waals surface area contributed by atoms with Gasteiger partial charge in [0.1, 0.15) is 6.10 Å². The second-order valence-corrected chi connectivity index (χ2v) is 21.7. The van der Waals surface area contributed by atoms with Crippen molar-refractivity contribution in [2.24, 2.45) is 67.5 Å². The molecule has 10 atom stereocenters. The Morgan fingerprint density at radius 2 is 1.22 bits per heavy atom. The molecule has 0 bridgehead atoms. The minimum atomic E-state index is -0.526. The van der Waals surface area contributed by atoms with Crippen molar-refractivity contribution in [1.82, 2.24) is 0 Å². The number of hydrogen-bond acceptors (Lipinski definition) is 8. The predicted molar refractivity (Wildman–Crippen MR) is 210 cm³/mol. The molecular formula is C46H74O8. The Balaban J connectivity index is 1.34. The first-order valence-electron chi connectivity index (χ1n) is 21.0. The Hall–Kier alpha value is -2.38. The molecule has 5 rings (SSSR count). The Bertz CT molecular complexity index is 1480. The van der Waals surface area contributed by atoms with Gasteiger partial charge >= 0.3 is 23.9 Å². The molecule has 8 nitrogen and oxygen atoms in total. The fourth-order valence-electron chi connectivity index (χ4n) is 14.0. The van der Waals surface area contributed by atoms with E-state index in [1.165, 1.54) is 39.1 Å². The Morgan fingerprint density at radius 1 is 0.648 bits per heavy atom. The van der Waals surface area contributed by atoms with E-state index in [1.54, 1.807) is 0 Å². The molecular weight excluding hydrogens is 680 g/mol. The zero-order valence-electron chi connectivity index (χ0n) is 36.0. The van der Waals surface area contributed by atoms with Crippen molar-refractivity contribution in [3.05, 3.63) is 12.2 Å². The number of fused-ring (bicyclic) bond motifs is 7. The normalized spacial score (nSPS) is 38.4. The fourth-order valence-corrected chi connectivity index (χ4v) is 14.0. The summed E-state index contributed by atoms with van der Waals surface area (Å²) in [5.74, 6) is 1.36. The summed E-state index contributed by atoms with van der Waals surface area (Å²) in [6.45, 7) is 27.4. The largest absolute Gasteiger partial charge is 0.469 e. The van der Waals surface area contributed by atoms with Gasteiger partial charge in [0.05, 0.1) is 46.5 Å². The molecule has 0 unspecified atom stereocenters. The summed E-state index contributed by atoms with van der Waals surface area (Å²) < 4.78 is 22.3. The third-order valence-electron chi connectivity index (χ3n) is 16.9. The molecule has 8 heteroatoms. The maximum Gasteiger partial charge on any atom is 0.306 e. The maximum atomic E-state index is 13.4. The maximum absolute atomic E-state index is 13.4. The van der Waals surface area contributed by atoms with Crippen LogP contribution >= 0.6 is 0 Å². The molecule has 5 aliphatic rings. The van der Waals surface area contributed by atoms with Crippen LogP contribution in [0.2, 0.25) is 0 Å². The molecule has 0 amide bonds. The van der Waals surface area contributed by atoms with Gasteiger partial charge < -0.3 is 18.9 Å². The van der Waals surface area contributed by atoms with Crippen LogP contribution in [0, 0.1) is 67.5 Å². The molecule has 0 radical (unpaired) electrons. The summed E-state index contributed by atoms with van der Waals surface area (Å²) in [4.78, 5) is 50.7. The van der Waals surface area contributed by atoms with Gasteiger partial charge in [-0.15, -0.1) is 0 Å². The molecule has 0 aliphatic heterocycles. The highest BCUT2D eigenvalue weighted by Crippen LogP contribution is 2.77. The Labute approximate surface area is 327 Å². The van der Waals surface area contributed by atoms with Crippen LogP contribution in [0.15, 0.2) is 12.2 Å². The highest BCUT2D eigenvalue weighted by Gasteiger charge is 2.71. The third-order valence-corrected chi connectivity index (χ3v) is 16.9. The first kappa shape index (κ1) is 42.8. The first-order valence-corrected chi connectivity index (χ1v) is 21.0. The zero-order valence-corrected chi connectivity index (χ0v) is 36.0. The summed E-state index contributed by atoms with van der Waals surface area (Å²) in [5.41, 5.74) is 0.468. The van der Waals surface area contributed by atoms with Crippen LogP contribution in [0.3, 0.4) is 0 Å². The standard InChI is InChI=1S/C46H74O8/c1-29(2)30-16-21-46(28-53-37(49)26-40(3,4)24-35(47)51-12)23-22-44(10)31(39(30)46)14-15-33-43(9)19-18-34(42(7,8)32(43)17-20-45(33,44)11)54-38(50)27-41(5,6)25-36(48)52-13/h30-34,39H,1,14-28H2,2-13H3/t30-,31+,32-,33+,34-,39+,43-,44+,45+,46+/m0/s1. The van der Waals surface area contributed by atoms with Crippen molar-refractivity contribution in [3.63, 3.8) is 0 Å². The second-order valence-electron chi connectivity index (χ2n) is 21.7. The molecule has 0 aromatic heterocycles. The van der Waals surface area contributed by atoms with Crippen molar-refractivity contribution in [2.45, 2.75) is 165 Å². The van der Waals surface area contributed by atoms with Gasteiger partial charge in [-0.05, 0) is 128 Å². The molecule has 5 saturated carbocycles. The number of allylic oxidation sites excluding steroid dienone is 1. The first-order chi connectivity index (χ1) is 24.9. The number of esters is 4. The van der Waals surface area contributed by atoms with E-state index >= 15 is 0 Å². The zero-order chi connectivity index (χ0) is 40.3. The SMILES string of the molecule is C=C(C)[C@@H]1CC[C@]2(COC(=O)CC(C)(C)CC(=O)OC)CC[C@]3(C)[C@H](CC[C@@H]4[C@@]5(C)CC[C@H](OC(=O)CC(C)(C)CC(=O)OC)C(C)(C)[C@@H]5CC[C@]43C)[C@@H]12. The quantitative estimate of drug-likeness (QED) is 0.110. The lowest BCUT2D eigenvalue weighted by Crippen LogP contribution is -2.67. The lowest BCUT2D eigenvalue weighted by Gasteiger charge is -2.73. The Morgan fingerprint density at radius 3 is 1.80 bits per heavy atom. The van der Waals surface area contributed by atoms with Crippen molar-refractivity contribution >= 4 is 23.9 Å². The molecule has 54 heavy (non-hydrogen) atoms. The molecule has 0 aromatic rings. The van der Waals surface area contributed by atoms with E-state index in [-0.39, 0.29) is 82.7 Å². The van der Waals surface area contributed by atoms with Crippen molar-refractivity contribution in [2.75, 3.05) is 20.8 Å². The van der Waals surface area contributed by atoms with Crippen molar-refractivity contribution in [3.8, 4) is 0 Å². The van der Waals surface area contributed by atoms with Crippen molar-refractivity contribution in [1.29, 1.82) is 0 Å². The van der Waals surface area contributed by atoms with Crippen LogP contribution in [-0.2, 0) is 38.1 Å². The predicted octanol–water partition coefficient (Wildman–Crippen LogP) is 10.1. The summed E-state index contributed by atoms with van der Waals surface area (Å²) in [6.07, 6.45) is 11.6. The molecule has 0 spiro atoms. The summed E-state index contributed by atoms with van der Waals surface area (Å²) >= 11 is 0. The van der Waals surface area contributed by atoms with Crippen LogP contribution in [-0.4, -0.2) is 50.8 Å². The highest BCUT2D eigenvalue weighted by atomic mass is 16.5. The van der Waals surface area contributed by atoms with E-state index in [0.717, 1.165) is 44.9 Å². The van der Waals surface area contributed by atoms with Crippen LogP contribution in [0.1, 0.15) is 159 Å². The molecule has 0 aromatic carbocycles. The van der Waals surface area contributed by atoms with E-state index in [0.29, 0.717) is 36.2 Å². The van der Waals surface area contributed by atoms with E-state index in [9.17, 15) is 19.2 Å². The van der Waals surface area contributed by atoms with Gasteiger partial charge in [0, 0.05) is 10.8 Å². The minimum absolute atomic E-state index is 0.0460. The monoisotopic (exact) mass is 755 g/mol. The Kier molecular flexibility index (Phi) is 11.8. The molecule has 306 valence electrons.